The molecular weight excluding hydrogens is 216 g/mol. The molecule has 1 aromatic rings. The average molecular weight is 234 g/mol. The second-order valence-corrected chi connectivity index (χ2v) is 5.18. The van der Waals surface area contributed by atoms with Crippen LogP contribution in [0.3, 0.4) is 0 Å². The van der Waals surface area contributed by atoms with E-state index < -0.39 is 0 Å². The van der Waals surface area contributed by atoms with Gasteiger partial charge >= 0.3 is 5.97 Å². The maximum atomic E-state index is 11.4. The predicted octanol–water partition coefficient (Wildman–Crippen LogP) is 2.27. The maximum absolute atomic E-state index is 11.4. The molecule has 4 heteroatoms. The molecule has 0 bridgehead atoms. The van der Waals surface area contributed by atoms with E-state index in [-0.39, 0.29) is 5.97 Å². The summed E-state index contributed by atoms with van der Waals surface area (Å²) in [7, 11) is 1.37. The number of anilines is 2. The summed E-state index contributed by atoms with van der Waals surface area (Å²) in [5.41, 5.74) is 8.17. The monoisotopic (exact) mass is 234 g/mol. The van der Waals surface area contributed by atoms with Crippen molar-refractivity contribution in [3.8, 4) is 0 Å². The molecule has 0 aromatic heterocycles. The lowest BCUT2D eigenvalue weighted by atomic mass is 10.1. The highest BCUT2D eigenvalue weighted by molar-refractivity contribution is 5.92. The molecule has 2 rings (SSSR count). The van der Waals surface area contributed by atoms with Crippen molar-refractivity contribution in [3.63, 3.8) is 0 Å². The predicted molar refractivity (Wildman–Crippen MR) is 68.0 cm³/mol. The van der Waals surface area contributed by atoms with Crippen LogP contribution in [0.1, 0.15) is 30.6 Å². The minimum Gasteiger partial charge on any atom is -0.465 e. The Balaban J connectivity index is 2.18. The van der Waals surface area contributed by atoms with Gasteiger partial charge in [0.05, 0.1) is 24.0 Å². The first-order valence-electron chi connectivity index (χ1n) is 5.68. The Kier molecular flexibility index (Phi) is 2.73. The summed E-state index contributed by atoms with van der Waals surface area (Å²) in [6.07, 6.45) is 1.12. The number of esters is 1. The highest BCUT2D eigenvalue weighted by atomic mass is 16.5. The van der Waals surface area contributed by atoms with Gasteiger partial charge in [-0.05, 0) is 30.0 Å². The number of nitrogens with one attached hydrogen (secondary N) is 1. The van der Waals surface area contributed by atoms with Crippen LogP contribution in [0.15, 0.2) is 18.2 Å². The first-order chi connectivity index (χ1) is 7.94. The van der Waals surface area contributed by atoms with Gasteiger partial charge in [-0.2, -0.15) is 0 Å². The van der Waals surface area contributed by atoms with E-state index in [9.17, 15) is 4.79 Å². The summed E-state index contributed by atoms with van der Waals surface area (Å²) in [5.74, 6) is -0.344. The summed E-state index contributed by atoms with van der Waals surface area (Å²) in [5, 5.41) is 3.36. The van der Waals surface area contributed by atoms with Gasteiger partial charge in [0.2, 0.25) is 0 Å². The zero-order valence-electron chi connectivity index (χ0n) is 10.4. The first kappa shape index (κ1) is 11.8. The van der Waals surface area contributed by atoms with E-state index in [1.807, 2.05) is 0 Å². The van der Waals surface area contributed by atoms with Crippen molar-refractivity contribution in [1.82, 2.24) is 0 Å². The molecule has 1 atom stereocenters. The number of ether oxygens (including phenoxy) is 1. The molecule has 0 aliphatic heterocycles. The fourth-order valence-electron chi connectivity index (χ4n) is 1.83. The van der Waals surface area contributed by atoms with Gasteiger partial charge in [-0.15, -0.1) is 0 Å². The van der Waals surface area contributed by atoms with Gasteiger partial charge in [-0.25, -0.2) is 4.79 Å². The third-order valence-electron chi connectivity index (χ3n) is 3.32. The van der Waals surface area contributed by atoms with Crippen molar-refractivity contribution in [3.05, 3.63) is 23.8 Å². The van der Waals surface area contributed by atoms with Gasteiger partial charge in [0.15, 0.2) is 0 Å². The maximum Gasteiger partial charge on any atom is 0.337 e. The minimum atomic E-state index is -0.344. The van der Waals surface area contributed by atoms with Crippen LogP contribution < -0.4 is 11.1 Å². The van der Waals surface area contributed by atoms with Crippen LogP contribution >= 0.6 is 0 Å². The number of methoxy groups -OCH3 is 1. The average Bonchev–Trinajstić information content (AvgIpc) is 2.88. The van der Waals surface area contributed by atoms with Gasteiger partial charge < -0.3 is 15.8 Å². The highest BCUT2D eigenvalue weighted by Gasteiger charge is 2.45. The SMILES string of the molecule is COC(=O)c1ccc(N)c(NC2CC2(C)C)c1. The molecule has 3 N–H and O–H groups in total. The Morgan fingerprint density at radius 1 is 1.53 bits per heavy atom. The number of rotatable bonds is 3. The summed E-state index contributed by atoms with van der Waals surface area (Å²) in [4.78, 5) is 11.4. The quantitative estimate of drug-likeness (QED) is 0.622. The molecule has 1 aliphatic rings. The summed E-state index contributed by atoms with van der Waals surface area (Å²) >= 11 is 0. The van der Waals surface area contributed by atoms with Crippen molar-refractivity contribution < 1.29 is 9.53 Å². The van der Waals surface area contributed by atoms with Crippen LogP contribution in [0.25, 0.3) is 0 Å². The molecule has 0 radical (unpaired) electrons. The number of hydrogen-bond acceptors (Lipinski definition) is 4. The van der Waals surface area contributed by atoms with Crippen LogP contribution in [0.4, 0.5) is 11.4 Å². The molecule has 4 nitrogen and oxygen atoms in total. The summed E-state index contributed by atoms with van der Waals surface area (Å²) < 4.78 is 4.69. The molecule has 0 amide bonds. The van der Waals surface area contributed by atoms with Gasteiger partial charge in [0, 0.05) is 6.04 Å². The molecule has 1 fully saturated rings. The Morgan fingerprint density at radius 2 is 2.18 bits per heavy atom. The summed E-state index contributed by atoms with van der Waals surface area (Å²) in [6, 6.07) is 5.57. The molecule has 1 saturated carbocycles. The topological polar surface area (TPSA) is 64.3 Å². The fraction of sp³-hybridized carbons (Fsp3) is 0.462. The zero-order valence-corrected chi connectivity index (χ0v) is 10.4. The Labute approximate surface area is 101 Å². The second kappa shape index (κ2) is 3.95. The van der Waals surface area contributed by atoms with Gasteiger partial charge in [0.1, 0.15) is 0 Å². The molecule has 0 heterocycles. The number of hydrogen-bond donors (Lipinski definition) is 2. The molecule has 92 valence electrons. The zero-order chi connectivity index (χ0) is 12.6. The third kappa shape index (κ3) is 2.35. The molecule has 17 heavy (non-hydrogen) atoms. The van der Waals surface area contributed by atoms with Crippen molar-refractivity contribution in [2.24, 2.45) is 5.41 Å². The Bertz CT molecular complexity index is 455. The Hall–Kier alpha value is -1.71. The lowest BCUT2D eigenvalue weighted by molar-refractivity contribution is 0.0601. The summed E-state index contributed by atoms with van der Waals surface area (Å²) in [6.45, 7) is 4.40. The van der Waals surface area contributed by atoms with E-state index >= 15 is 0 Å². The van der Waals surface area contributed by atoms with Gasteiger partial charge in [0.25, 0.3) is 0 Å². The number of carbonyl (C=O) groups excluding carboxylic acids is 1. The number of nitrogens with two attached hydrogens (primary N) is 1. The van der Waals surface area contributed by atoms with E-state index in [1.165, 1.54) is 7.11 Å². The second-order valence-electron chi connectivity index (χ2n) is 5.18. The molecule has 0 spiro atoms. The van der Waals surface area contributed by atoms with Gasteiger partial charge in [-0.1, -0.05) is 13.8 Å². The third-order valence-corrected chi connectivity index (χ3v) is 3.32. The number of carbonyl (C=O) groups is 1. The van der Waals surface area contributed by atoms with Gasteiger partial charge in [-0.3, -0.25) is 0 Å². The Morgan fingerprint density at radius 3 is 2.71 bits per heavy atom. The van der Waals surface area contributed by atoms with Crippen LogP contribution in [0.5, 0.6) is 0 Å². The van der Waals surface area contributed by atoms with Crippen LogP contribution in [0.2, 0.25) is 0 Å². The van der Waals surface area contributed by atoms with Crippen molar-refractivity contribution in [1.29, 1.82) is 0 Å². The van der Waals surface area contributed by atoms with E-state index in [1.54, 1.807) is 18.2 Å². The van der Waals surface area contributed by atoms with Crippen LogP contribution in [-0.4, -0.2) is 19.1 Å². The normalized spacial score (nSPS) is 20.8. The lowest BCUT2D eigenvalue weighted by Crippen LogP contribution is -2.11. The standard InChI is InChI=1S/C13H18N2O2/c1-13(2)7-11(13)15-10-6-8(12(16)17-3)4-5-9(10)14/h4-6,11,15H,7,14H2,1-3H3. The van der Waals surface area contributed by atoms with E-state index in [0.29, 0.717) is 22.7 Å². The lowest BCUT2D eigenvalue weighted by Gasteiger charge is -2.12. The van der Waals surface area contributed by atoms with Crippen molar-refractivity contribution in [2.45, 2.75) is 26.3 Å². The first-order valence-corrected chi connectivity index (χ1v) is 5.68. The van der Waals surface area contributed by atoms with Crippen molar-refractivity contribution >= 4 is 17.3 Å². The molecule has 0 saturated heterocycles. The number of nitrogen functional groups attached to an aromatic ring is 1. The minimum absolute atomic E-state index is 0.313. The molecular formula is C13H18N2O2. The van der Waals surface area contributed by atoms with E-state index in [4.69, 9.17) is 5.73 Å². The highest BCUT2D eigenvalue weighted by Crippen LogP contribution is 2.47. The fourth-order valence-corrected chi connectivity index (χ4v) is 1.83. The smallest absolute Gasteiger partial charge is 0.337 e. The molecule has 1 unspecified atom stereocenters. The van der Waals surface area contributed by atoms with Crippen molar-refractivity contribution in [2.75, 3.05) is 18.2 Å². The number of benzene rings is 1. The van der Waals surface area contributed by atoms with E-state index in [2.05, 4.69) is 23.9 Å². The molecule has 1 aromatic carbocycles. The van der Waals surface area contributed by atoms with Crippen LogP contribution in [-0.2, 0) is 4.74 Å². The van der Waals surface area contributed by atoms with Crippen LogP contribution in [0, 0.1) is 5.41 Å². The largest absolute Gasteiger partial charge is 0.465 e. The van der Waals surface area contributed by atoms with E-state index in [0.717, 1.165) is 12.1 Å². The molecule has 1 aliphatic carbocycles.